The van der Waals surface area contributed by atoms with Crippen LogP contribution in [0.1, 0.15) is 22.8 Å². The average Bonchev–Trinajstić information content (AvgIpc) is 4.03. The number of aromatic amines is 2. The molecule has 0 atom stereocenters. The van der Waals surface area contributed by atoms with E-state index in [1.54, 1.807) is 76.7 Å². The lowest BCUT2D eigenvalue weighted by atomic mass is 10.2. The summed E-state index contributed by atoms with van der Waals surface area (Å²) in [5.41, 5.74) is 3.47. The summed E-state index contributed by atoms with van der Waals surface area (Å²) < 4.78 is 33.2. The van der Waals surface area contributed by atoms with E-state index in [0.717, 1.165) is 10.8 Å². The van der Waals surface area contributed by atoms with Crippen molar-refractivity contribution >= 4 is 22.1 Å². The Hall–Kier alpha value is -7.01. The van der Waals surface area contributed by atoms with Crippen LogP contribution in [0.4, 0.5) is 8.78 Å². The van der Waals surface area contributed by atoms with E-state index < -0.39 is 0 Å². The van der Waals surface area contributed by atoms with E-state index in [-0.39, 0.29) is 31.3 Å². The summed E-state index contributed by atoms with van der Waals surface area (Å²) in [5.74, 6) is 1.31. The summed E-state index contributed by atoms with van der Waals surface area (Å²) in [4.78, 5) is 21.5. The monoisotopic (exact) mass is 698 g/mol. The van der Waals surface area contributed by atoms with Crippen LogP contribution in [0, 0.1) is 11.6 Å². The van der Waals surface area contributed by atoms with Crippen LogP contribution in [0.25, 0.3) is 45.1 Å². The molecule has 0 aliphatic carbocycles. The number of H-pyrrole nitrogens is 2. The minimum Gasteiger partial charge on any atom is -0.388 e. The topological polar surface area (TPSA) is 183 Å². The van der Waals surface area contributed by atoms with Gasteiger partial charge in [-0.3, -0.25) is 10.2 Å². The highest BCUT2D eigenvalue weighted by atomic mass is 19.1. The molecule has 2 aromatic carbocycles. The third kappa shape index (κ3) is 6.50. The second kappa shape index (κ2) is 14.1. The van der Waals surface area contributed by atoms with Crippen LogP contribution in [0.3, 0.4) is 0 Å². The zero-order chi connectivity index (χ0) is 35.4. The van der Waals surface area contributed by atoms with Crippen molar-refractivity contribution in [3.63, 3.8) is 0 Å². The first-order chi connectivity index (χ1) is 25.5. The predicted molar refractivity (Wildman–Crippen MR) is 184 cm³/mol. The number of aliphatic hydroxyl groups excluding tert-OH is 1. The molecule has 9 rings (SSSR count). The molecule has 7 heterocycles. The van der Waals surface area contributed by atoms with Gasteiger partial charge in [0.25, 0.3) is 0 Å². The SMILES string of the molecule is Fc1ccccc1Cn1nc(-c2n[nH]c(Cn3ccnc3)n2)c2cccnc21.OCc1nc(-c2nn(Cc3ccccc3F)c3ncccc23)n[nH]1. The second-order valence-electron chi connectivity index (χ2n) is 11.5. The minimum atomic E-state index is -0.293. The summed E-state index contributed by atoms with van der Waals surface area (Å²) >= 11 is 0. The summed E-state index contributed by atoms with van der Waals surface area (Å²) in [6.45, 7) is 0.808. The molecular formula is C35H28F2N14O. The molecule has 258 valence electrons. The van der Waals surface area contributed by atoms with Crippen LogP contribution in [0.15, 0.2) is 104 Å². The number of fused-ring (bicyclic) bond motifs is 2. The summed E-state index contributed by atoms with van der Waals surface area (Å²) in [6.07, 6.45) is 8.62. The van der Waals surface area contributed by atoms with Gasteiger partial charge in [0.15, 0.2) is 17.1 Å². The van der Waals surface area contributed by atoms with Gasteiger partial charge in [-0.25, -0.2) is 43.1 Å². The highest BCUT2D eigenvalue weighted by Crippen LogP contribution is 2.26. The Morgan fingerprint density at radius 1 is 0.615 bits per heavy atom. The molecule has 0 unspecified atom stereocenters. The van der Waals surface area contributed by atoms with E-state index in [4.69, 9.17) is 5.11 Å². The molecule has 0 fully saturated rings. The highest BCUT2D eigenvalue weighted by molar-refractivity contribution is 5.89. The average molecular weight is 699 g/mol. The molecule has 0 aliphatic heterocycles. The molecule has 0 saturated heterocycles. The summed E-state index contributed by atoms with van der Waals surface area (Å²) in [5, 5.41) is 33.8. The third-order valence-electron chi connectivity index (χ3n) is 8.10. The van der Waals surface area contributed by atoms with Crippen LogP contribution in [0.2, 0.25) is 0 Å². The Bertz CT molecular complexity index is 2610. The lowest BCUT2D eigenvalue weighted by Gasteiger charge is -2.04. The zero-order valence-corrected chi connectivity index (χ0v) is 27.2. The fourth-order valence-corrected chi connectivity index (χ4v) is 5.64. The van der Waals surface area contributed by atoms with Gasteiger partial charge in [-0.15, -0.1) is 0 Å². The van der Waals surface area contributed by atoms with Gasteiger partial charge < -0.3 is 9.67 Å². The third-order valence-corrected chi connectivity index (χ3v) is 8.10. The number of nitrogens with one attached hydrogen (secondary N) is 2. The molecule has 3 N–H and O–H groups in total. The molecule has 17 heteroatoms. The van der Waals surface area contributed by atoms with Gasteiger partial charge in [0.05, 0.1) is 36.7 Å². The number of halogens is 2. The molecule has 0 spiro atoms. The number of aromatic nitrogens is 14. The van der Waals surface area contributed by atoms with Crippen LogP contribution in [-0.2, 0) is 26.2 Å². The first-order valence-corrected chi connectivity index (χ1v) is 16.0. The largest absolute Gasteiger partial charge is 0.388 e. The van der Waals surface area contributed by atoms with Gasteiger partial charge in [0.1, 0.15) is 35.5 Å². The molecule has 0 bridgehead atoms. The van der Waals surface area contributed by atoms with Crippen molar-refractivity contribution in [2.45, 2.75) is 26.2 Å². The van der Waals surface area contributed by atoms with Crippen molar-refractivity contribution in [1.29, 1.82) is 0 Å². The molecule has 52 heavy (non-hydrogen) atoms. The Balaban J connectivity index is 0.000000151. The molecule has 9 aromatic rings. The number of hydrogen-bond acceptors (Lipinski definition) is 10. The Morgan fingerprint density at radius 3 is 1.65 bits per heavy atom. The van der Waals surface area contributed by atoms with E-state index in [1.807, 2.05) is 29.0 Å². The number of aliphatic hydroxyl groups is 1. The van der Waals surface area contributed by atoms with Gasteiger partial charge >= 0.3 is 0 Å². The fourth-order valence-electron chi connectivity index (χ4n) is 5.64. The molecule has 0 radical (unpaired) electrons. The van der Waals surface area contributed by atoms with E-state index >= 15 is 0 Å². The Labute approximate surface area is 292 Å². The quantitative estimate of drug-likeness (QED) is 0.193. The second-order valence-corrected chi connectivity index (χ2v) is 11.5. The van der Waals surface area contributed by atoms with E-state index in [1.165, 1.54) is 12.1 Å². The first-order valence-electron chi connectivity index (χ1n) is 16.0. The van der Waals surface area contributed by atoms with Gasteiger partial charge in [-0.2, -0.15) is 20.4 Å². The predicted octanol–water partition coefficient (Wildman–Crippen LogP) is 4.54. The van der Waals surface area contributed by atoms with Crippen LogP contribution in [-0.4, -0.2) is 74.5 Å². The van der Waals surface area contributed by atoms with E-state index in [2.05, 4.69) is 55.5 Å². The maximum absolute atomic E-state index is 14.1. The first kappa shape index (κ1) is 32.2. The molecule has 15 nitrogen and oxygen atoms in total. The van der Waals surface area contributed by atoms with Crippen LogP contribution < -0.4 is 0 Å². The van der Waals surface area contributed by atoms with Gasteiger partial charge in [-0.1, -0.05) is 36.4 Å². The summed E-state index contributed by atoms with van der Waals surface area (Å²) in [6, 6.07) is 20.6. The zero-order valence-electron chi connectivity index (χ0n) is 27.2. The van der Waals surface area contributed by atoms with Crippen LogP contribution in [0.5, 0.6) is 0 Å². The van der Waals surface area contributed by atoms with Crippen molar-refractivity contribution in [2.24, 2.45) is 0 Å². The molecular weight excluding hydrogens is 670 g/mol. The highest BCUT2D eigenvalue weighted by Gasteiger charge is 2.19. The molecule has 0 amide bonds. The maximum Gasteiger partial charge on any atom is 0.202 e. The number of pyridine rings is 2. The molecule has 0 saturated carbocycles. The van der Waals surface area contributed by atoms with E-state index in [9.17, 15) is 8.78 Å². The standard InChI is InChI=1S/C19H15FN8.C16H13FN6O/c20-15-6-2-1-4-13(15)10-28-19-14(5-3-7-22-19)17(26-28)18-23-16(24-25-18)11-27-9-8-21-12-27;17-12-6-2-1-4-10(12)8-23-16-11(5-3-7-18-16)14(22-23)15-19-13(9-24)20-21-15/h1-9,12H,10-11H2,(H,23,24,25);1-7,24H,8-9H2,(H,19,20,21). The Kier molecular flexibility index (Phi) is 8.72. The fraction of sp³-hybridized carbons (Fsp3) is 0.114. The van der Waals surface area contributed by atoms with Crippen molar-refractivity contribution < 1.29 is 13.9 Å². The van der Waals surface area contributed by atoms with Gasteiger partial charge in [0, 0.05) is 35.9 Å². The number of imidazole rings is 1. The number of rotatable bonds is 9. The lowest BCUT2D eigenvalue weighted by Crippen LogP contribution is -2.04. The van der Waals surface area contributed by atoms with E-state index in [0.29, 0.717) is 63.7 Å². The van der Waals surface area contributed by atoms with Crippen molar-refractivity contribution in [3.8, 4) is 23.0 Å². The number of hydrogen-bond donors (Lipinski definition) is 3. The van der Waals surface area contributed by atoms with Crippen molar-refractivity contribution in [2.75, 3.05) is 0 Å². The maximum atomic E-state index is 14.1. The number of nitrogens with zero attached hydrogens (tertiary/aromatic N) is 12. The molecule has 7 aromatic heterocycles. The molecule has 0 aliphatic rings. The van der Waals surface area contributed by atoms with Crippen molar-refractivity contribution in [1.82, 2.24) is 69.4 Å². The minimum absolute atomic E-state index is 0.237. The Morgan fingerprint density at radius 2 is 1.15 bits per heavy atom. The van der Waals surface area contributed by atoms with Gasteiger partial charge in [-0.05, 0) is 36.4 Å². The lowest BCUT2D eigenvalue weighted by molar-refractivity contribution is 0.272. The number of benzene rings is 2. The smallest absolute Gasteiger partial charge is 0.202 e. The van der Waals surface area contributed by atoms with Crippen LogP contribution >= 0.6 is 0 Å². The van der Waals surface area contributed by atoms with Crippen molar-refractivity contribution in [3.05, 3.63) is 138 Å². The summed E-state index contributed by atoms with van der Waals surface area (Å²) in [7, 11) is 0. The normalized spacial score (nSPS) is 11.3. The van der Waals surface area contributed by atoms with Gasteiger partial charge in [0.2, 0.25) is 11.6 Å².